The van der Waals surface area contributed by atoms with E-state index < -0.39 is 15.7 Å². The molecular weight excluding hydrogens is 328 g/mol. The normalized spacial score (nSPS) is 11.4. The molecule has 1 aromatic heterocycles. The van der Waals surface area contributed by atoms with Gasteiger partial charge >= 0.3 is 0 Å². The number of halogens is 3. The summed E-state index contributed by atoms with van der Waals surface area (Å²) in [5.41, 5.74) is 0.151. The lowest BCUT2D eigenvalue weighted by Gasteiger charge is -2.10. The first-order chi connectivity index (χ1) is 9.29. The van der Waals surface area contributed by atoms with E-state index in [0.29, 0.717) is 0 Å². The fraction of sp³-hybridized carbons (Fsp3) is 0.0909. The molecule has 0 aliphatic carbocycles. The van der Waals surface area contributed by atoms with Crippen molar-refractivity contribution in [2.24, 2.45) is 0 Å². The van der Waals surface area contributed by atoms with E-state index in [9.17, 15) is 12.8 Å². The highest BCUT2D eigenvalue weighted by Crippen LogP contribution is 2.30. The number of anilines is 2. The van der Waals surface area contributed by atoms with Gasteiger partial charge < -0.3 is 5.32 Å². The highest BCUT2D eigenvalue weighted by molar-refractivity contribution is 7.90. The molecule has 0 aliphatic rings. The Balaban J connectivity index is 2.41. The van der Waals surface area contributed by atoms with Crippen LogP contribution in [0.2, 0.25) is 10.3 Å². The summed E-state index contributed by atoms with van der Waals surface area (Å²) in [6.07, 6.45) is 2.16. The molecule has 0 aliphatic heterocycles. The van der Waals surface area contributed by atoms with Gasteiger partial charge in [0.05, 0.1) is 10.6 Å². The van der Waals surface area contributed by atoms with Gasteiger partial charge in [-0.25, -0.2) is 22.8 Å². The molecule has 0 amide bonds. The third kappa shape index (κ3) is 3.17. The Morgan fingerprint density at radius 3 is 2.30 bits per heavy atom. The van der Waals surface area contributed by atoms with Crippen molar-refractivity contribution in [3.05, 3.63) is 40.6 Å². The SMILES string of the molecule is CS(=O)(=O)c1ccc(Nc2c(Cl)ncnc2Cl)c(F)c1. The second-order valence-corrected chi connectivity index (χ2v) is 6.60. The molecule has 9 heteroatoms. The van der Waals surface area contributed by atoms with Crippen molar-refractivity contribution < 1.29 is 12.8 Å². The summed E-state index contributed by atoms with van der Waals surface area (Å²) in [6.45, 7) is 0. The van der Waals surface area contributed by atoms with Crippen molar-refractivity contribution in [2.75, 3.05) is 11.6 Å². The Labute approximate surface area is 124 Å². The second kappa shape index (κ2) is 5.51. The molecule has 0 spiro atoms. The maximum atomic E-state index is 13.9. The van der Waals surface area contributed by atoms with E-state index in [4.69, 9.17) is 23.2 Å². The van der Waals surface area contributed by atoms with Crippen molar-refractivity contribution >= 4 is 44.4 Å². The lowest BCUT2D eigenvalue weighted by atomic mass is 10.3. The minimum Gasteiger partial charge on any atom is -0.348 e. The first-order valence-electron chi connectivity index (χ1n) is 5.21. The maximum absolute atomic E-state index is 13.9. The fourth-order valence-corrected chi connectivity index (χ4v) is 2.45. The Morgan fingerprint density at radius 1 is 1.20 bits per heavy atom. The fourth-order valence-electron chi connectivity index (χ4n) is 1.41. The maximum Gasteiger partial charge on any atom is 0.175 e. The van der Waals surface area contributed by atoms with Crippen LogP contribution in [0.4, 0.5) is 15.8 Å². The minimum atomic E-state index is -3.48. The predicted molar refractivity (Wildman–Crippen MR) is 74.8 cm³/mol. The zero-order valence-electron chi connectivity index (χ0n) is 10.1. The Bertz CT molecular complexity index is 748. The van der Waals surface area contributed by atoms with E-state index in [2.05, 4.69) is 15.3 Å². The number of nitrogens with one attached hydrogen (secondary N) is 1. The Hall–Kier alpha value is -1.44. The number of hydrogen-bond acceptors (Lipinski definition) is 5. The summed E-state index contributed by atoms with van der Waals surface area (Å²) >= 11 is 11.6. The molecule has 0 unspecified atom stereocenters. The van der Waals surface area contributed by atoms with E-state index in [1.54, 1.807) is 0 Å². The highest BCUT2D eigenvalue weighted by atomic mass is 35.5. The van der Waals surface area contributed by atoms with Crippen molar-refractivity contribution in [1.29, 1.82) is 0 Å². The number of rotatable bonds is 3. The monoisotopic (exact) mass is 335 g/mol. The summed E-state index contributed by atoms with van der Waals surface area (Å²) in [7, 11) is -3.48. The van der Waals surface area contributed by atoms with Gasteiger partial charge in [0.2, 0.25) is 0 Å². The zero-order chi connectivity index (χ0) is 14.9. The number of sulfone groups is 1. The molecule has 0 radical (unpaired) electrons. The summed E-state index contributed by atoms with van der Waals surface area (Å²) in [6, 6.07) is 3.45. The number of nitrogens with zero attached hydrogens (tertiary/aromatic N) is 2. The highest BCUT2D eigenvalue weighted by Gasteiger charge is 2.14. The van der Waals surface area contributed by atoms with E-state index in [1.807, 2.05) is 0 Å². The first kappa shape index (κ1) is 15.0. The molecule has 1 heterocycles. The third-order valence-corrected chi connectivity index (χ3v) is 4.07. The van der Waals surface area contributed by atoms with Crippen LogP contribution in [0.1, 0.15) is 0 Å². The van der Waals surface area contributed by atoms with Gasteiger partial charge in [-0.3, -0.25) is 0 Å². The topological polar surface area (TPSA) is 72.0 Å². The van der Waals surface area contributed by atoms with Crippen LogP contribution in [0.15, 0.2) is 29.4 Å². The lowest BCUT2D eigenvalue weighted by Crippen LogP contribution is -2.01. The largest absolute Gasteiger partial charge is 0.348 e. The van der Waals surface area contributed by atoms with Crippen molar-refractivity contribution in [3.63, 3.8) is 0 Å². The summed E-state index contributed by atoms with van der Waals surface area (Å²) < 4.78 is 36.5. The van der Waals surface area contributed by atoms with Crippen LogP contribution < -0.4 is 5.32 Å². The quantitative estimate of drug-likeness (QED) is 0.872. The summed E-state index contributed by atoms with van der Waals surface area (Å²) in [4.78, 5) is 7.30. The zero-order valence-corrected chi connectivity index (χ0v) is 12.4. The summed E-state index contributed by atoms with van der Waals surface area (Å²) in [5, 5.41) is 2.68. The van der Waals surface area contributed by atoms with E-state index in [-0.39, 0.29) is 26.6 Å². The molecule has 0 fully saturated rings. The van der Waals surface area contributed by atoms with Gasteiger partial charge in [-0.15, -0.1) is 0 Å². The minimum absolute atomic E-state index is 0.0102. The van der Waals surface area contributed by atoms with E-state index in [1.165, 1.54) is 18.5 Å². The predicted octanol–water partition coefficient (Wildman–Crippen LogP) is 3.07. The lowest BCUT2D eigenvalue weighted by molar-refractivity contribution is 0.596. The third-order valence-electron chi connectivity index (χ3n) is 2.38. The summed E-state index contributed by atoms with van der Waals surface area (Å²) in [5.74, 6) is -0.760. The van der Waals surface area contributed by atoms with Crippen LogP contribution >= 0.6 is 23.2 Å². The van der Waals surface area contributed by atoms with Gasteiger partial charge in [-0.2, -0.15) is 0 Å². The van der Waals surface area contributed by atoms with Crippen molar-refractivity contribution in [2.45, 2.75) is 4.90 Å². The van der Waals surface area contributed by atoms with Gasteiger partial charge in [-0.05, 0) is 18.2 Å². The van der Waals surface area contributed by atoms with Crippen LogP contribution in [0.5, 0.6) is 0 Å². The molecule has 2 rings (SSSR count). The van der Waals surface area contributed by atoms with Crippen LogP contribution in [-0.4, -0.2) is 24.6 Å². The average molecular weight is 336 g/mol. The van der Waals surface area contributed by atoms with Crippen molar-refractivity contribution in [1.82, 2.24) is 9.97 Å². The molecule has 106 valence electrons. The standard InChI is InChI=1S/C11H8Cl2FN3O2S/c1-20(18,19)6-2-3-8(7(14)4-6)17-9-10(12)15-5-16-11(9)13/h2-5,17H,1H3. The van der Waals surface area contributed by atoms with Crippen molar-refractivity contribution in [3.8, 4) is 0 Å². The van der Waals surface area contributed by atoms with Gasteiger partial charge in [0.25, 0.3) is 0 Å². The molecule has 20 heavy (non-hydrogen) atoms. The molecule has 2 aromatic rings. The van der Waals surface area contributed by atoms with Gasteiger partial charge in [0.1, 0.15) is 17.8 Å². The molecule has 1 aromatic carbocycles. The molecule has 0 bridgehead atoms. The second-order valence-electron chi connectivity index (χ2n) is 3.87. The molecule has 0 saturated carbocycles. The smallest absolute Gasteiger partial charge is 0.175 e. The van der Waals surface area contributed by atoms with Crippen LogP contribution in [-0.2, 0) is 9.84 Å². The number of hydrogen-bond donors (Lipinski definition) is 1. The molecule has 1 N–H and O–H groups in total. The van der Waals surface area contributed by atoms with Crippen LogP contribution in [0.3, 0.4) is 0 Å². The van der Waals surface area contributed by atoms with Crippen LogP contribution in [0, 0.1) is 5.82 Å². The molecular formula is C11H8Cl2FN3O2S. The van der Waals surface area contributed by atoms with Crippen LogP contribution in [0.25, 0.3) is 0 Å². The molecule has 0 atom stereocenters. The first-order valence-corrected chi connectivity index (χ1v) is 7.86. The van der Waals surface area contributed by atoms with Gasteiger partial charge in [-0.1, -0.05) is 23.2 Å². The van der Waals surface area contributed by atoms with Gasteiger partial charge in [0, 0.05) is 6.26 Å². The Morgan fingerprint density at radius 2 is 1.80 bits per heavy atom. The average Bonchev–Trinajstić information content (AvgIpc) is 2.34. The van der Waals surface area contributed by atoms with Gasteiger partial charge in [0.15, 0.2) is 20.1 Å². The number of benzene rings is 1. The Kier molecular flexibility index (Phi) is 4.12. The van der Waals surface area contributed by atoms with E-state index in [0.717, 1.165) is 12.3 Å². The number of aromatic nitrogens is 2. The van der Waals surface area contributed by atoms with E-state index >= 15 is 0 Å². The molecule has 0 saturated heterocycles. The molecule has 5 nitrogen and oxygen atoms in total.